The molecule has 0 aliphatic heterocycles. The molecule has 0 spiro atoms. The normalized spacial score (nSPS) is 12.1. The fourth-order valence-corrected chi connectivity index (χ4v) is 2.36. The van der Waals surface area contributed by atoms with Gasteiger partial charge in [-0.05, 0) is 36.6 Å². The summed E-state index contributed by atoms with van der Waals surface area (Å²) in [5, 5.41) is 3.44. The lowest BCUT2D eigenvalue weighted by Crippen LogP contribution is -2.22. The van der Waals surface area contributed by atoms with Crippen LogP contribution in [-0.2, 0) is 6.54 Å². The molecular formula is C17H20N2O. The Morgan fingerprint density at radius 2 is 1.80 bits per heavy atom. The van der Waals surface area contributed by atoms with Crippen molar-refractivity contribution in [2.45, 2.75) is 26.4 Å². The van der Waals surface area contributed by atoms with E-state index in [-0.39, 0.29) is 11.9 Å². The van der Waals surface area contributed by atoms with Crippen molar-refractivity contribution in [1.82, 2.24) is 5.32 Å². The van der Waals surface area contributed by atoms with Crippen LogP contribution in [0.1, 0.15) is 40.0 Å². The lowest BCUT2D eigenvalue weighted by Gasteiger charge is -2.17. The van der Waals surface area contributed by atoms with Gasteiger partial charge in [-0.2, -0.15) is 0 Å². The van der Waals surface area contributed by atoms with E-state index in [1.807, 2.05) is 30.3 Å². The van der Waals surface area contributed by atoms with E-state index in [1.165, 1.54) is 11.1 Å². The Bertz CT molecular complexity index is 607. The number of rotatable bonds is 5. The molecule has 0 aromatic heterocycles. The van der Waals surface area contributed by atoms with Crippen molar-refractivity contribution in [1.29, 1.82) is 0 Å². The summed E-state index contributed by atoms with van der Waals surface area (Å²) in [5.74, 6) is -0.383. The molecule has 0 aliphatic carbocycles. The van der Waals surface area contributed by atoms with E-state index < -0.39 is 0 Å². The molecule has 20 heavy (non-hydrogen) atoms. The van der Waals surface area contributed by atoms with Crippen molar-refractivity contribution >= 4 is 5.91 Å². The van der Waals surface area contributed by atoms with Crippen LogP contribution in [0.3, 0.4) is 0 Å². The predicted octanol–water partition coefficient (Wildman–Crippen LogP) is 2.94. The molecule has 104 valence electrons. The molecule has 3 heteroatoms. The van der Waals surface area contributed by atoms with Crippen LogP contribution >= 0.6 is 0 Å². The minimum atomic E-state index is -0.383. The second-order valence-corrected chi connectivity index (χ2v) is 4.98. The number of carbonyl (C=O) groups excluding carboxylic acids is 1. The summed E-state index contributed by atoms with van der Waals surface area (Å²) >= 11 is 0. The van der Waals surface area contributed by atoms with Gasteiger partial charge in [0.2, 0.25) is 5.91 Å². The first-order valence-electron chi connectivity index (χ1n) is 6.76. The Balaban J connectivity index is 2.10. The van der Waals surface area contributed by atoms with Crippen molar-refractivity contribution < 1.29 is 4.79 Å². The first kappa shape index (κ1) is 14.3. The third-order valence-electron chi connectivity index (χ3n) is 3.54. The van der Waals surface area contributed by atoms with E-state index in [0.717, 1.165) is 5.56 Å². The van der Waals surface area contributed by atoms with Crippen molar-refractivity contribution in [2.24, 2.45) is 5.73 Å². The number of amides is 1. The van der Waals surface area contributed by atoms with Gasteiger partial charge in [-0.25, -0.2) is 0 Å². The van der Waals surface area contributed by atoms with E-state index in [0.29, 0.717) is 12.1 Å². The second-order valence-electron chi connectivity index (χ2n) is 4.98. The maximum absolute atomic E-state index is 11.4. The summed E-state index contributed by atoms with van der Waals surface area (Å²) in [6.07, 6.45) is 0. The van der Waals surface area contributed by atoms with Gasteiger partial charge in [-0.3, -0.25) is 4.79 Å². The Hall–Kier alpha value is -2.13. The van der Waals surface area contributed by atoms with Gasteiger partial charge in [0.15, 0.2) is 0 Å². The van der Waals surface area contributed by atoms with Gasteiger partial charge in [0.25, 0.3) is 0 Å². The standard InChI is InChI=1S/C17H20N2O/c1-12-7-3-5-9-15(12)13(2)19-11-14-8-4-6-10-16(14)17(18)20/h3-10,13,19H,11H2,1-2H3,(H2,18,20)/t13-/m1/s1. The van der Waals surface area contributed by atoms with Crippen LogP contribution in [0, 0.1) is 6.92 Å². The number of primary amides is 1. The van der Waals surface area contributed by atoms with Crippen LogP contribution in [0.15, 0.2) is 48.5 Å². The Labute approximate surface area is 119 Å². The molecule has 0 saturated carbocycles. The lowest BCUT2D eigenvalue weighted by molar-refractivity contribution is 0.0999. The third kappa shape index (κ3) is 3.25. The molecule has 2 aromatic carbocycles. The highest BCUT2D eigenvalue weighted by Gasteiger charge is 2.10. The Kier molecular flexibility index (Phi) is 4.53. The molecule has 3 N–H and O–H groups in total. The molecule has 0 aliphatic rings. The molecule has 0 bridgehead atoms. The Morgan fingerprint density at radius 3 is 2.50 bits per heavy atom. The molecule has 2 rings (SSSR count). The summed E-state index contributed by atoms with van der Waals surface area (Å²) in [4.78, 5) is 11.4. The zero-order chi connectivity index (χ0) is 14.5. The number of benzene rings is 2. The fraction of sp³-hybridized carbons (Fsp3) is 0.235. The van der Waals surface area contributed by atoms with Crippen LogP contribution < -0.4 is 11.1 Å². The molecule has 1 atom stereocenters. The number of hydrogen-bond donors (Lipinski definition) is 2. The molecule has 0 heterocycles. The number of aryl methyl sites for hydroxylation is 1. The van der Waals surface area contributed by atoms with E-state index in [4.69, 9.17) is 5.73 Å². The molecule has 0 saturated heterocycles. The first-order valence-corrected chi connectivity index (χ1v) is 6.76. The van der Waals surface area contributed by atoms with Crippen LogP contribution in [-0.4, -0.2) is 5.91 Å². The Morgan fingerprint density at radius 1 is 1.15 bits per heavy atom. The van der Waals surface area contributed by atoms with Gasteiger partial charge >= 0.3 is 0 Å². The largest absolute Gasteiger partial charge is 0.366 e. The van der Waals surface area contributed by atoms with Crippen molar-refractivity contribution in [2.75, 3.05) is 0 Å². The van der Waals surface area contributed by atoms with Gasteiger partial charge in [0.1, 0.15) is 0 Å². The highest BCUT2D eigenvalue weighted by molar-refractivity contribution is 5.94. The first-order chi connectivity index (χ1) is 9.59. The molecule has 3 nitrogen and oxygen atoms in total. The SMILES string of the molecule is Cc1ccccc1[C@@H](C)NCc1ccccc1C(N)=O. The summed E-state index contributed by atoms with van der Waals surface area (Å²) in [7, 11) is 0. The molecule has 2 aromatic rings. The van der Waals surface area contributed by atoms with Crippen LogP contribution in [0.25, 0.3) is 0 Å². The van der Waals surface area contributed by atoms with E-state index in [9.17, 15) is 4.79 Å². The molecule has 1 amide bonds. The minimum Gasteiger partial charge on any atom is -0.366 e. The predicted molar refractivity (Wildman–Crippen MR) is 81.4 cm³/mol. The van der Waals surface area contributed by atoms with Gasteiger partial charge < -0.3 is 11.1 Å². The summed E-state index contributed by atoms with van der Waals surface area (Å²) < 4.78 is 0. The average molecular weight is 268 g/mol. The maximum Gasteiger partial charge on any atom is 0.249 e. The number of carbonyl (C=O) groups is 1. The average Bonchev–Trinajstić information content (AvgIpc) is 2.45. The molecular weight excluding hydrogens is 248 g/mol. The zero-order valence-corrected chi connectivity index (χ0v) is 11.9. The summed E-state index contributed by atoms with van der Waals surface area (Å²) in [6.45, 7) is 4.84. The quantitative estimate of drug-likeness (QED) is 0.876. The number of hydrogen-bond acceptors (Lipinski definition) is 2. The van der Waals surface area contributed by atoms with E-state index in [2.05, 4.69) is 31.3 Å². The molecule has 0 fully saturated rings. The van der Waals surface area contributed by atoms with Crippen LogP contribution in [0.5, 0.6) is 0 Å². The van der Waals surface area contributed by atoms with Crippen LogP contribution in [0.4, 0.5) is 0 Å². The lowest BCUT2D eigenvalue weighted by atomic mass is 10.0. The molecule has 0 radical (unpaired) electrons. The molecule has 0 unspecified atom stereocenters. The highest BCUT2D eigenvalue weighted by Crippen LogP contribution is 2.18. The number of nitrogens with two attached hydrogens (primary N) is 1. The van der Waals surface area contributed by atoms with E-state index >= 15 is 0 Å². The monoisotopic (exact) mass is 268 g/mol. The van der Waals surface area contributed by atoms with Crippen molar-refractivity contribution in [3.8, 4) is 0 Å². The van der Waals surface area contributed by atoms with E-state index in [1.54, 1.807) is 6.07 Å². The number of nitrogens with one attached hydrogen (secondary N) is 1. The highest BCUT2D eigenvalue weighted by atomic mass is 16.1. The minimum absolute atomic E-state index is 0.220. The summed E-state index contributed by atoms with van der Waals surface area (Å²) in [6, 6.07) is 16.0. The van der Waals surface area contributed by atoms with Gasteiger partial charge in [-0.15, -0.1) is 0 Å². The second kappa shape index (κ2) is 6.35. The fourth-order valence-electron chi connectivity index (χ4n) is 2.36. The van der Waals surface area contributed by atoms with Crippen LogP contribution in [0.2, 0.25) is 0 Å². The zero-order valence-electron chi connectivity index (χ0n) is 11.9. The van der Waals surface area contributed by atoms with Crippen molar-refractivity contribution in [3.63, 3.8) is 0 Å². The smallest absolute Gasteiger partial charge is 0.249 e. The van der Waals surface area contributed by atoms with Gasteiger partial charge in [-0.1, -0.05) is 42.5 Å². The third-order valence-corrected chi connectivity index (χ3v) is 3.54. The topological polar surface area (TPSA) is 55.1 Å². The summed E-state index contributed by atoms with van der Waals surface area (Å²) in [5.41, 5.74) is 9.43. The van der Waals surface area contributed by atoms with Gasteiger partial charge in [0, 0.05) is 18.2 Å². The maximum atomic E-state index is 11.4. The van der Waals surface area contributed by atoms with Crippen molar-refractivity contribution in [3.05, 3.63) is 70.8 Å². The van der Waals surface area contributed by atoms with Gasteiger partial charge in [0.05, 0.1) is 0 Å².